The standard InChI is InChI=1S/C25H28N4O/c1-26-24-27-16-19-15-25(22-6-4-3-5-21(22)23(19)28-24)11-13-29(14-12-25)17-18-7-9-20(30-2)10-8-18/h3-10,16H,11-15,17H2,1-2H3,(H,26,27,28). The molecule has 1 aliphatic carbocycles. The van der Waals surface area contributed by atoms with Gasteiger partial charge in [0.1, 0.15) is 5.75 Å². The summed E-state index contributed by atoms with van der Waals surface area (Å²) in [5.74, 6) is 1.60. The van der Waals surface area contributed by atoms with Gasteiger partial charge >= 0.3 is 0 Å². The summed E-state index contributed by atoms with van der Waals surface area (Å²) in [7, 11) is 3.58. The van der Waals surface area contributed by atoms with Gasteiger partial charge in [0.25, 0.3) is 0 Å². The van der Waals surface area contributed by atoms with Gasteiger partial charge in [0, 0.05) is 30.8 Å². The first-order chi connectivity index (χ1) is 14.7. The monoisotopic (exact) mass is 400 g/mol. The summed E-state index contributed by atoms with van der Waals surface area (Å²) in [6.45, 7) is 3.20. The number of fused-ring (bicyclic) bond motifs is 4. The minimum absolute atomic E-state index is 0.185. The third-order valence-electron chi connectivity index (χ3n) is 6.75. The number of aromatic nitrogens is 2. The zero-order valence-electron chi connectivity index (χ0n) is 17.7. The lowest BCUT2D eigenvalue weighted by atomic mass is 9.64. The van der Waals surface area contributed by atoms with Crippen molar-refractivity contribution >= 4 is 5.95 Å². The molecule has 0 atom stereocenters. The molecule has 30 heavy (non-hydrogen) atoms. The highest BCUT2D eigenvalue weighted by molar-refractivity contribution is 5.72. The molecule has 0 unspecified atom stereocenters. The molecule has 5 rings (SSSR count). The SMILES string of the molecule is CNc1ncc2c(n1)-c1ccccc1C1(CCN(Cc3ccc(OC)cc3)CC1)C2. The maximum Gasteiger partial charge on any atom is 0.222 e. The van der Waals surface area contributed by atoms with Gasteiger partial charge in [0.05, 0.1) is 12.8 Å². The Hall–Kier alpha value is -2.92. The predicted molar refractivity (Wildman–Crippen MR) is 120 cm³/mol. The van der Waals surface area contributed by atoms with Gasteiger partial charge < -0.3 is 10.1 Å². The summed E-state index contributed by atoms with van der Waals surface area (Å²) in [5.41, 5.74) is 6.63. The molecular formula is C25H28N4O. The summed E-state index contributed by atoms with van der Waals surface area (Å²) in [4.78, 5) is 11.9. The van der Waals surface area contributed by atoms with Crippen molar-refractivity contribution in [2.75, 3.05) is 32.6 Å². The fraction of sp³-hybridized carbons (Fsp3) is 0.360. The molecule has 5 heteroatoms. The second-order valence-corrected chi connectivity index (χ2v) is 8.44. The first kappa shape index (κ1) is 19.1. The van der Waals surface area contributed by atoms with E-state index in [0.717, 1.165) is 50.3 Å². The van der Waals surface area contributed by atoms with Gasteiger partial charge in [-0.25, -0.2) is 9.97 Å². The minimum Gasteiger partial charge on any atom is -0.497 e. The van der Waals surface area contributed by atoms with Crippen molar-refractivity contribution in [1.29, 1.82) is 0 Å². The van der Waals surface area contributed by atoms with Crippen LogP contribution >= 0.6 is 0 Å². The normalized spacial score (nSPS) is 17.3. The molecule has 0 bridgehead atoms. The lowest BCUT2D eigenvalue weighted by Gasteiger charge is -2.45. The molecule has 2 aliphatic rings. The zero-order chi connectivity index (χ0) is 20.6. The summed E-state index contributed by atoms with van der Waals surface area (Å²) in [6.07, 6.45) is 5.37. The third kappa shape index (κ3) is 3.33. The molecule has 1 N–H and O–H groups in total. The van der Waals surface area contributed by atoms with Gasteiger partial charge in [-0.1, -0.05) is 36.4 Å². The first-order valence-electron chi connectivity index (χ1n) is 10.7. The van der Waals surface area contributed by atoms with Crippen LogP contribution in [0.15, 0.2) is 54.7 Å². The highest BCUT2D eigenvalue weighted by Gasteiger charge is 2.41. The molecule has 5 nitrogen and oxygen atoms in total. The van der Waals surface area contributed by atoms with Crippen LogP contribution in [0.2, 0.25) is 0 Å². The van der Waals surface area contributed by atoms with Gasteiger partial charge in [-0.05, 0) is 61.2 Å². The van der Waals surface area contributed by atoms with Crippen molar-refractivity contribution in [3.63, 3.8) is 0 Å². The molecular weight excluding hydrogens is 372 g/mol. The number of anilines is 1. The molecule has 0 radical (unpaired) electrons. The molecule has 1 fully saturated rings. The van der Waals surface area contributed by atoms with E-state index in [1.165, 1.54) is 22.3 Å². The topological polar surface area (TPSA) is 50.3 Å². The van der Waals surface area contributed by atoms with E-state index in [0.29, 0.717) is 5.95 Å². The largest absolute Gasteiger partial charge is 0.497 e. The van der Waals surface area contributed by atoms with Gasteiger partial charge in [-0.15, -0.1) is 0 Å². The van der Waals surface area contributed by atoms with Crippen molar-refractivity contribution in [3.05, 3.63) is 71.4 Å². The van der Waals surface area contributed by atoms with Crippen LogP contribution in [0.4, 0.5) is 5.95 Å². The zero-order valence-corrected chi connectivity index (χ0v) is 17.7. The highest BCUT2D eigenvalue weighted by atomic mass is 16.5. The molecule has 1 spiro atoms. The predicted octanol–water partition coefficient (Wildman–Crippen LogP) is 4.28. The van der Waals surface area contributed by atoms with Crippen molar-refractivity contribution in [3.8, 4) is 17.0 Å². The van der Waals surface area contributed by atoms with Crippen molar-refractivity contribution < 1.29 is 4.74 Å². The van der Waals surface area contributed by atoms with Gasteiger partial charge in [0.2, 0.25) is 5.95 Å². The summed E-state index contributed by atoms with van der Waals surface area (Å²) < 4.78 is 5.28. The molecule has 1 saturated heterocycles. The fourth-order valence-electron chi connectivity index (χ4n) is 5.08. The average molecular weight is 401 g/mol. The molecule has 2 aromatic carbocycles. The quantitative estimate of drug-likeness (QED) is 0.708. The number of methoxy groups -OCH3 is 1. The van der Waals surface area contributed by atoms with Gasteiger partial charge in [-0.3, -0.25) is 4.90 Å². The van der Waals surface area contributed by atoms with Crippen LogP contribution in [0.3, 0.4) is 0 Å². The number of piperidine rings is 1. The van der Waals surface area contributed by atoms with Crippen molar-refractivity contribution in [1.82, 2.24) is 14.9 Å². The molecule has 1 aliphatic heterocycles. The first-order valence-corrected chi connectivity index (χ1v) is 10.7. The summed E-state index contributed by atoms with van der Waals surface area (Å²) in [6, 6.07) is 17.3. The number of nitrogens with zero attached hydrogens (tertiary/aromatic N) is 3. The number of nitrogens with one attached hydrogen (secondary N) is 1. The molecule has 0 saturated carbocycles. The number of hydrogen-bond acceptors (Lipinski definition) is 5. The Morgan fingerprint density at radius 3 is 2.57 bits per heavy atom. The number of likely N-dealkylation sites (tertiary alicyclic amines) is 1. The van der Waals surface area contributed by atoms with Crippen LogP contribution < -0.4 is 10.1 Å². The van der Waals surface area contributed by atoms with Gasteiger partial charge in [0.15, 0.2) is 0 Å². The van der Waals surface area contributed by atoms with Crippen molar-refractivity contribution in [2.45, 2.75) is 31.2 Å². The van der Waals surface area contributed by atoms with Crippen molar-refractivity contribution in [2.24, 2.45) is 0 Å². The maximum absolute atomic E-state index is 5.28. The Morgan fingerprint density at radius 1 is 1.07 bits per heavy atom. The molecule has 0 amide bonds. The second-order valence-electron chi connectivity index (χ2n) is 8.44. The lowest BCUT2D eigenvalue weighted by Crippen LogP contribution is -2.45. The van der Waals surface area contributed by atoms with Gasteiger partial charge in [-0.2, -0.15) is 0 Å². The second kappa shape index (κ2) is 7.73. The van der Waals surface area contributed by atoms with Crippen LogP contribution in [0.1, 0.15) is 29.5 Å². The smallest absolute Gasteiger partial charge is 0.222 e. The van der Waals surface area contributed by atoms with E-state index in [1.807, 2.05) is 13.2 Å². The number of hydrogen-bond donors (Lipinski definition) is 1. The molecule has 1 aromatic heterocycles. The average Bonchev–Trinajstić information content (AvgIpc) is 2.81. The van der Waals surface area contributed by atoms with E-state index in [2.05, 4.69) is 63.7 Å². The van der Waals surface area contributed by atoms with E-state index in [4.69, 9.17) is 9.72 Å². The van der Waals surface area contributed by atoms with E-state index < -0.39 is 0 Å². The molecule has 154 valence electrons. The van der Waals surface area contributed by atoms with Crippen LogP contribution in [0.25, 0.3) is 11.3 Å². The van der Waals surface area contributed by atoms with E-state index in [9.17, 15) is 0 Å². The Kier molecular flexibility index (Phi) is 4.91. The number of rotatable bonds is 4. The number of benzene rings is 2. The Bertz CT molecular complexity index is 1040. The van der Waals surface area contributed by atoms with E-state index >= 15 is 0 Å². The molecule has 3 aromatic rings. The summed E-state index contributed by atoms with van der Waals surface area (Å²) in [5, 5.41) is 3.08. The van der Waals surface area contributed by atoms with E-state index in [1.54, 1.807) is 7.11 Å². The maximum atomic E-state index is 5.28. The Balaban J connectivity index is 1.38. The molecule has 2 heterocycles. The highest BCUT2D eigenvalue weighted by Crippen LogP contribution is 2.48. The van der Waals surface area contributed by atoms with Crippen LogP contribution in [-0.2, 0) is 18.4 Å². The summed E-state index contributed by atoms with van der Waals surface area (Å²) >= 11 is 0. The van der Waals surface area contributed by atoms with Crippen LogP contribution in [0, 0.1) is 0 Å². The Morgan fingerprint density at radius 2 is 1.83 bits per heavy atom. The Labute approximate surface area is 178 Å². The van der Waals surface area contributed by atoms with Crippen LogP contribution in [-0.4, -0.2) is 42.1 Å². The minimum atomic E-state index is 0.185. The van der Waals surface area contributed by atoms with E-state index in [-0.39, 0.29) is 5.41 Å². The number of ether oxygens (including phenoxy) is 1. The third-order valence-corrected chi connectivity index (χ3v) is 6.75. The van der Waals surface area contributed by atoms with Crippen LogP contribution in [0.5, 0.6) is 5.75 Å². The fourth-order valence-corrected chi connectivity index (χ4v) is 5.08. The lowest BCUT2D eigenvalue weighted by molar-refractivity contribution is 0.150.